The van der Waals surface area contributed by atoms with Crippen LogP contribution in [-0.4, -0.2) is 22.6 Å². The van der Waals surface area contributed by atoms with Crippen molar-refractivity contribution in [3.8, 4) is 11.5 Å². The minimum Gasteiger partial charge on any atom is -0.504 e. The summed E-state index contributed by atoms with van der Waals surface area (Å²) in [5.74, 6) is -9.64. The normalized spacial score (nSPS) is 14.1. The fraction of sp³-hybridized carbons (Fsp3) is 0.294. The number of ether oxygens (including phenoxy) is 1. The summed E-state index contributed by atoms with van der Waals surface area (Å²) in [6, 6.07) is 4.49. The lowest BCUT2D eigenvalue weighted by Crippen LogP contribution is -2.19. The van der Waals surface area contributed by atoms with Crippen molar-refractivity contribution in [2.75, 3.05) is 7.11 Å². The van der Waals surface area contributed by atoms with E-state index in [0.717, 1.165) is 12.8 Å². The van der Waals surface area contributed by atoms with Crippen LogP contribution in [0.3, 0.4) is 0 Å². The molecule has 0 aromatic heterocycles. The van der Waals surface area contributed by atoms with Gasteiger partial charge in [0.15, 0.2) is 34.8 Å². The van der Waals surface area contributed by atoms with Gasteiger partial charge in [0.2, 0.25) is 5.82 Å². The van der Waals surface area contributed by atoms with Crippen molar-refractivity contribution in [1.29, 1.82) is 0 Å². The molecule has 0 bridgehead atoms. The molecule has 0 heterocycles. The van der Waals surface area contributed by atoms with Crippen molar-refractivity contribution in [1.82, 2.24) is 4.31 Å². The van der Waals surface area contributed by atoms with E-state index in [-0.39, 0.29) is 24.1 Å². The predicted octanol–water partition coefficient (Wildman–Crippen LogP) is 4.77. The van der Waals surface area contributed by atoms with E-state index in [2.05, 4.69) is 0 Å². The van der Waals surface area contributed by atoms with E-state index >= 15 is 0 Å². The molecule has 2 aromatic carbocycles. The van der Waals surface area contributed by atoms with Gasteiger partial charge >= 0.3 is 0 Å². The second-order valence-corrected chi connectivity index (χ2v) is 6.86. The van der Waals surface area contributed by atoms with Crippen molar-refractivity contribution < 1.29 is 31.8 Å². The first kappa shape index (κ1) is 18.8. The number of methoxy groups -OCH3 is 1. The van der Waals surface area contributed by atoms with Crippen molar-refractivity contribution in [2.24, 2.45) is 0 Å². The van der Waals surface area contributed by atoms with Gasteiger partial charge in [0.05, 0.1) is 7.11 Å². The van der Waals surface area contributed by atoms with Crippen molar-refractivity contribution in [2.45, 2.75) is 30.3 Å². The minimum absolute atomic E-state index is 0.0465. The highest BCUT2D eigenvalue weighted by Crippen LogP contribution is 2.41. The molecule has 0 saturated heterocycles. The Hall–Kier alpha value is -2.00. The van der Waals surface area contributed by atoms with Crippen LogP contribution in [0.1, 0.15) is 18.4 Å². The molecule has 1 aliphatic rings. The Kier molecular flexibility index (Phi) is 5.29. The molecule has 26 heavy (non-hydrogen) atoms. The molecule has 3 rings (SSSR count). The van der Waals surface area contributed by atoms with Crippen LogP contribution in [0.5, 0.6) is 11.5 Å². The molecule has 0 radical (unpaired) electrons. The molecule has 1 aliphatic carbocycles. The van der Waals surface area contributed by atoms with Gasteiger partial charge in [-0.2, -0.15) is 0 Å². The first-order valence-corrected chi connectivity index (χ1v) is 8.42. The Balaban J connectivity index is 1.89. The number of benzene rings is 2. The Labute approximate surface area is 150 Å². The summed E-state index contributed by atoms with van der Waals surface area (Å²) in [5, 5.41) is 9.62. The summed E-state index contributed by atoms with van der Waals surface area (Å²) in [6.07, 6.45) is 1.50. The Morgan fingerprint density at radius 2 is 1.62 bits per heavy atom. The standard InChI is InChI=1S/C17H14F5NO2S/c1-25-11-6-8(2-5-10(11)24)7-23(9-3-4-9)26-17-15(21)13(19)12(18)14(20)16(17)22/h2,5-6,9,24H,3-4,7H2,1H3. The fourth-order valence-corrected chi connectivity index (χ4v) is 3.53. The first-order valence-electron chi connectivity index (χ1n) is 7.65. The predicted molar refractivity (Wildman–Crippen MR) is 85.3 cm³/mol. The van der Waals surface area contributed by atoms with Gasteiger partial charge in [0, 0.05) is 12.6 Å². The summed E-state index contributed by atoms with van der Waals surface area (Å²) in [4.78, 5) is -0.931. The van der Waals surface area contributed by atoms with E-state index < -0.39 is 34.0 Å². The summed E-state index contributed by atoms with van der Waals surface area (Å²) < 4.78 is 74.4. The largest absolute Gasteiger partial charge is 0.504 e. The van der Waals surface area contributed by atoms with Gasteiger partial charge in [0.1, 0.15) is 4.90 Å². The van der Waals surface area contributed by atoms with Crippen LogP contribution in [0.25, 0.3) is 0 Å². The van der Waals surface area contributed by atoms with Gasteiger partial charge in [-0.25, -0.2) is 26.3 Å². The fourth-order valence-electron chi connectivity index (χ4n) is 2.38. The van der Waals surface area contributed by atoms with Gasteiger partial charge in [-0.1, -0.05) is 6.07 Å². The van der Waals surface area contributed by atoms with Crippen molar-refractivity contribution in [3.63, 3.8) is 0 Å². The van der Waals surface area contributed by atoms with Crippen LogP contribution in [0.15, 0.2) is 23.1 Å². The number of phenolic OH excluding ortho intramolecular Hbond substituents is 1. The van der Waals surface area contributed by atoms with E-state index in [9.17, 15) is 27.1 Å². The maximum atomic E-state index is 13.9. The molecule has 140 valence electrons. The smallest absolute Gasteiger partial charge is 0.200 e. The van der Waals surface area contributed by atoms with E-state index in [1.165, 1.54) is 13.2 Å². The second-order valence-electron chi connectivity index (χ2n) is 5.80. The van der Waals surface area contributed by atoms with Crippen LogP contribution < -0.4 is 4.74 Å². The van der Waals surface area contributed by atoms with E-state index in [1.807, 2.05) is 0 Å². The highest BCUT2D eigenvalue weighted by Gasteiger charge is 2.34. The van der Waals surface area contributed by atoms with Gasteiger partial charge < -0.3 is 9.84 Å². The zero-order valence-electron chi connectivity index (χ0n) is 13.5. The van der Waals surface area contributed by atoms with Gasteiger partial charge in [-0.15, -0.1) is 0 Å². The van der Waals surface area contributed by atoms with Crippen LogP contribution in [0, 0.1) is 29.1 Å². The highest BCUT2D eigenvalue weighted by atomic mass is 32.2. The molecule has 1 fully saturated rings. The molecular formula is C17H14F5NO2S. The Bertz CT molecular complexity index is 815. The molecule has 0 amide bonds. The van der Waals surface area contributed by atoms with E-state index in [4.69, 9.17) is 4.74 Å². The molecule has 3 nitrogen and oxygen atoms in total. The molecule has 9 heteroatoms. The van der Waals surface area contributed by atoms with Crippen LogP contribution in [0.2, 0.25) is 0 Å². The van der Waals surface area contributed by atoms with Crippen LogP contribution >= 0.6 is 11.9 Å². The average molecular weight is 391 g/mol. The van der Waals surface area contributed by atoms with Crippen molar-refractivity contribution >= 4 is 11.9 Å². The molecule has 2 aromatic rings. The monoisotopic (exact) mass is 391 g/mol. The lowest BCUT2D eigenvalue weighted by molar-refractivity contribution is 0.357. The number of hydrogen-bond acceptors (Lipinski definition) is 4. The van der Waals surface area contributed by atoms with Crippen LogP contribution in [0.4, 0.5) is 22.0 Å². The highest BCUT2D eigenvalue weighted by molar-refractivity contribution is 7.97. The lowest BCUT2D eigenvalue weighted by atomic mass is 10.2. The molecule has 0 aliphatic heterocycles. The van der Waals surface area contributed by atoms with Crippen LogP contribution in [-0.2, 0) is 6.54 Å². The third-order valence-corrected chi connectivity index (χ3v) is 5.12. The third kappa shape index (κ3) is 3.59. The van der Waals surface area contributed by atoms with Crippen molar-refractivity contribution in [3.05, 3.63) is 52.8 Å². The van der Waals surface area contributed by atoms with Gasteiger partial charge in [-0.3, -0.25) is 0 Å². The maximum absolute atomic E-state index is 13.9. The lowest BCUT2D eigenvalue weighted by Gasteiger charge is -2.22. The Morgan fingerprint density at radius 3 is 2.15 bits per heavy atom. The number of nitrogens with zero attached hydrogens (tertiary/aromatic N) is 1. The minimum atomic E-state index is -2.18. The molecule has 0 atom stereocenters. The molecule has 0 unspecified atom stereocenters. The molecule has 1 N–H and O–H groups in total. The quantitative estimate of drug-likeness (QED) is 0.333. The second kappa shape index (κ2) is 7.32. The summed E-state index contributed by atoms with van der Waals surface area (Å²) >= 11 is 0.495. The van der Waals surface area contributed by atoms with E-state index in [0.29, 0.717) is 17.5 Å². The summed E-state index contributed by atoms with van der Waals surface area (Å²) in [6.45, 7) is 0.172. The Morgan fingerprint density at radius 1 is 1.04 bits per heavy atom. The zero-order valence-corrected chi connectivity index (χ0v) is 14.3. The summed E-state index contributed by atoms with van der Waals surface area (Å²) in [5.41, 5.74) is 0.655. The third-order valence-electron chi connectivity index (χ3n) is 3.91. The topological polar surface area (TPSA) is 32.7 Å². The number of phenols is 1. The number of aromatic hydroxyl groups is 1. The number of hydrogen-bond donors (Lipinski definition) is 1. The molecular weight excluding hydrogens is 377 g/mol. The zero-order chi connectivity index (χ0) is 19.0. The van der Waals surface area contributed by atoms with Gasteiger partial charge in [0.25, 0.3) is 0 Å². The maximum Gasteiger partial charge on any atom is 0.200 e. The SMILES string of the molecule is COc1cc(CN(Sc2c(F)c(F)c(F)c(F)c2F)C2CC2)ccc1O. The molecule has 0 spiro atoms. The first-order chi connectivity index (χ1) is 12.3. The van der Waals surface area contributed by atoms with E-state index in [1.54, 1.807) is 16.4 Å². The average Bonchev–Trinajstić information content (AvgIpc) is 3.47. The summed E-state index contributed by atoms with van der Waals surface area (Å²) in [7, 11) is 1.38. The molecule has 1 saturated carbocycles. The number of rotatable bonds is 6. The number of halogens is 5. The van der Waals surface area contributed by atoms with Gasteiger partial charge in [-0.05, 0) is 42.5 Å².